The molecule has 0 aliphatic carbocycles. The maximum atomic E-state index is 12.6. The third kappa shape index (κ3) is 6.84. The van der Waals surface area contributed by atoms with E-state index in [-0.39, 0.29) is 18.7 Å². The number of hydrogen-bond acceptors (Lipinski definition) is 7. The van der Waals surface area contributed by atoms with E-state index in [0.29, 0.717) is 12.2 Å². The molecule has 9 heteroatoms. The van der Waals surface area contributed by atoms with E-state index in [9.17, 15) is 14.4 Å². The van der Waals surface area contributed by atoms with Crippen LogP contribution in [0, 0.1) is 0 Å². The number of cyclic esters (lactones) is 1. The minimum absolute atomic E-state index is 0.0646. The summed E-state index contributed by atoms with van der Waals surface area (Å²) in [6, 6.07) is 18.2. The predicted octanol–water partition coefficient (Wildman–Crippen LogP) is 2.29. The molecule has 2 aromatic carbocycles. The maximum absolute atomic E-state index is 12.6. The number of carbonyl (C=O) groups excluding carboxylic acids is 3. The molecule has 3 atom stereocenters. The number of aromatic nitrogens is 2. The summed E-state index contributed by atoms with van der Waals surface area (Å²) >= 11 is 0. The Kier molecular flexibility index (Phi) is 8.02. The lowest BCUT2D eigenvalue weighted by Crippen LogP contribution is -2.50. The first kappa shape index (κ1) is 24.3. The van der Waals surface area contributed by atoms with E-state index in [1.807, 2.05) is 60.7 Å². The van der Waals surface area contributed by atoms with Gasteiger partial charge in [-0.3, -0.25) is 25.0 Å². The molecular formula is C26H28N4O5. The third-order valence-corrected chi connectivity index (χ3v) is 5.67. The summed E-state index contributed by atoms with van der Waals surface area (Å²) < 4.78 is 11.0. The van der Waals surface area contributed by atoms with Crippen molar-refractivity contribution in [2.24, 2.45) is 0 Å². The molecular weight excluding hydrogens is 448 g/mol. The van der Waals surface area contributed by atoms with E-state index in [1.54, 1.807) is 6.92 Å². The van der Waals surface area contributed by atoms with E-state index in [1.165, 1.54) is 11.8 Å². The molecule has 2 amide bonds. The number of H-pyrrole nitrogens is 1. The number of hydrogen-bond donors (Lipinski definition) is 3. The second-order valence-electron chi connectivity index (χ2n) is 8.39. The van der Waals surface area contributed by atoms with Crippen LogP contribution < -0.4 is 10.6 Å². The molecule has 182 valence electrons. The van der Waals surface area contributed by atoms with E-state index in [4.69, 9.17) is 9.47 Å². The van der Waals surface area contributed by atoms with Crippen LogP contribution in [0.2, 0.25) is 0 Å². The van der Waals surface area contributed by atoms with Gasteiger partial charge in [0.15, 0.2) is 0 Å². The molecule has 1 saturated heterocycles. The van der Waals surface area contributed by atoms with Crippen molar-refractivity contribution in [3.63, 3.8) is 0 Å². The van der Waals surface area contributed by atoms with Crippen molar-refractivity contribution in [2.75, 3.05) is 0 Å². The van der Waals surface area contributed by atoms with Crippen molar-refractivity contribution in [3.05, 3.63) is 89.5 Å². The molecule has 1 aliphatic heterocycles. The molecule has 2 heterocycles. The first-order valence-corrected chi connectivity index (χ1v) is 11.5. The lowest BCUT2D eigenvalue weighted by Gasteiger charge is -2.22. The molecule has 0 bridgehead atoms. The second kappa shape index (κ2) is 11.5. The number of nitrogens with zero attached hydrogens (tertiary/aromatic N) is 1. The van der Waals surface area contributed by atoms with Gasteiger partial charge in [-0.15, -0.1) is 0 Å². The van der Waals surface area contributed by atoms with Gasteiger partial charge in [0.1, 0.15) is 11.5 Å². The number of amides is 2. The Bertz CT molecular complexity index is 1150. The minimum Gasteiger partial charge on any atom is -0.434 e. The number of imide groups is 1. The van der Waals surface area contributed by atoms with Gasteiger partial charge in [0.25, 0.3) is 5.91 Å². The highest BCUT2D eigenvalue weighted by Crippen LogP contribution is 2.19. The summed E-state index contributed by atoms with van der Waals surface area (Å²) in [7, 11) is 0. The first-order chi connectivity index (χ1) is 17.0. The van der Waals surface area contributed by atoms with Crippen LogP contribution in [-0.2, 0) is 38.5 Å². The number of ether oxygens (including phenoxy) is 2. The monoisotopic (exact) mass is 476 g/mol. The number of imidazole rings is 1. The van der Waals surface area contributed by atoms with E-state index < -0.39 is 36.2 Å². The number of aryl methyl sites for hydroxylation is 2. The fourth-order valence-corrected chi connectivity index (χ4v) is 3.77. The highest BCUT2D eigenvalue weighted by atomic mass is 16.7. The van der Waals surface area contributed by atoms with Gasteiger partial charge in [0.05, 0.1) is 25.1 Å². The Morgan fingerprint density at radius 2 is 1.77 bits per heavy atom. The maximum Gasteiger partial charge on any atom is 0.309 e. The molecule has 3 N–H and O–H groups in total. The summed E-state index contributed by atoms with van der Waals surface area (Å²) in [6.07, 6.45) is 2.15. The van der Waals surface area contributed by atoms with E-state index in [0.717, 1.165) is 12.0 Å². The summed E-state index contributed by atoms with van der Waals surface area (Å²) in [5.74, 6) is -0.882. The van der Waals surface area contributed by atoms with Crippen LogP contribution in [0.1, 0.15) is 40.8 Å². The van der Waals surface area contributed by atoms with Crippen molar-refractivity contribution in [3.8, 4) is 0 Å². The van der Waals surface area contributed by atoms with Gasteiger partial charge in [0.2, 0.25) is 12.2 Å². The predicted molar refractivity (Wildman–Crippen MR) is 127 cm³/mol. The van der Waals surface area contributed by atoms with Crippen molar-refractivity contribution in [1.29, 1.82) is 0 Å². The summed E-state index contributed by atoms with van der Waals surface area (Å²) in [4.78, 5) is 44.2. The number of carbonyl (C=O) groups is 3. The smallest absolute Gasteiger partial charge is 0.309 e. The van der Waals surface area contributed by atoms with Crippen LogP contribution in [-0.4, -0.2) is 46.1 Å². The minimum atomic E-state index is -0.827. The number of esters is 1. The standard InChI is InChI=1S/C26H28N4O5/c1-17(28-20-14-23(31)35-26(20)34-16-19-10-6-3-7-11-19)24(32)30-25(33)21-15-27-22(29-21)13-12-18-8-4-2-5-9-18/h2-11,15,17,20,26,28H,12-14,16H2,1H3,(H,27,29)(H,30,32,33)/t17-,20?,26?/m0/s1. The van der Waals surface area contributed by atoms with Gasteiger partial charge >= 0.3 is 5.97 Å². The molecule has 0 radical (unpaired) electrons. The molecule has 2 unspecified atom stereocenters. The number of nitrogens with one attached hydrogen (secondary N) is 3. The van der Waals surface area contributed by atoms with Gasteiger partial charge in [-0.2, -0.15) is 0 Å². The Morgan fingerprint density at radius 3 is 2.49 bits per heavy atom. The van der Waals surface area contributed by atoms with Gasteiger partial charge in [-0.05, 0) is 24.5 Å². The van der Waals surface area contributed by atoms with Crippen molar-refractivity contribution >= 4 is 17.8 Å². The molecule has 9 nitrogen and oxygen atoms in total. The average molecular weight is 477 g/mol. The van der Waals surface area contributed by atoms with Crippen LogP contribution >= 0.6 is 0 Å². The Morgan fingerprint density at radius 1 is 1.09 bits per heavy atom. The SMILES string of the molecule is C[C@H](NC1CC(=O)OC1OCc1ccccc1)C(=O)NC(=O)c1c[nH]c(CCc2ccccc2)n1. The zero-order valence-corrected chi connectivity index (χ0v) is 19.4. The summed E-state index contributed by atoms with van der Waals surface area (Å²) in [5, 5.41) is 5.38. The van der Waals surface area contributed by atoms with Crippen LogP contribution in [0.3, 0.4) is 0 Å². The average Bonchev–Trinajstić information content (AvgIpc) is 3.49. The van der Waals surface area contributed by atoms with Gasteiger partial charge < -0.3 is 14.5 Å². The van der Waals surface area contributed by atoms with Gasteiger partial charge in [0, 0.05) is 12.6 Å². The zero-order valence-electron chi connectivity index (χ0n) is 19.4. The van der Waals surface area contributed by atoms with Crippen molar-refractivity contribution < 1.29 is 23.9 Å². The number of aromatic amines is 1. The zero-order chi connectivity index (χ0) is 24.6. The Balaban J connectivity index is 1.26. The quantitative estimate of drug-likeness (QED) is 0.384. The van der Waals surface area contributed by atoms with Gasteiger partial charge in [-0.25, -0.2) is 4.98 Å². The Labute approximate surface area is 203 Å². The van der Waals surface area contributed by atoms with Crippen LogP contribution in [0.5, 0.6) is 0 Å². The highest BCUT2D eigenvalue weighted by molar-refractivity contribution is 6.04. The van der Waals surface area contributed by atoms with E-state index in [2.05, 4.69) is 20.6 Å². The van der Waals surface area contributed by atoms with Crippen LogP contribution in [0.4, 0.5) is 0 Å². The number of rotatable bonds is 10. The molecule has 1 fully saturated rings. The first-order valence-electron chi connectivity index (χ1n) is 11.5. The Hall–Kier alpha value is -3.82. The lowest BCUT2D eigenvalue weighted by atomic mass is 10.1. The van der Waals surface area contributed by atoms with Crippen molar-refractivity contribution in [1.82, 2.24) is 20.6 Å². The fourth-order valence-electron chi connectivity index (χ4n) is 3.77. The summed E-state index contributed by atoms with van der Waals surface area (Å²) in [5.41, 5.74) is 2.25. The molecule has 1 aromatic heterocycles. The molecule has 0 spiro atoms. The van der Waals surface area contributed by atoms with E-state index >= 15 is 0 Å². The van der Waals surface area contributed by atoms with Crippen LogP contribution in [0.25, 0.3) is 0 Å². The lowest BCUT2D eigenvalue weighted by molar-refractivity contribution is -0.167. The highest BCUT2D eigenvalue weighted by Gasteiger charge is 2.37. The second-order valence-corrected chi connectivity index (χ2v) is 8.39. The summed E-state index contributed by atoms with van der Waals surface area (Å²) in [6.45, 7) is 1.87. The van der Waals surface area contributed by atoms with Crippen molar-refractivity contribution in [2.45, 2.75) is 51.2 Å². The largest absolute Gasteiger partial charge is 0.434 e. The molecule has 4 rings (SSSR count). The van der Waals surface area contributed by atoms with Crippen LogP contribution in [0.15, 0.2) is 66.9 Å². The molecule has 1 aliphatic rings. The molecule has 35 heavy (non-hydrogen) atoms. The number of benzene rings is 2. The fraction of sp³-hybridized carbons (Fsp3) is 0.308. The topological polar surface area (TPSA) is 122 Å². The normalized spacial score (nSPS) is 18.1. The third-order valence-electron chi connectivity index (χ3n) is 5.67. The molecule has 0 saturated carbocycles. The van der Waals surface area contributed by atoms with Gasteiger partial charge in [-0.1, -0.05) is 60.7 Å². The molecule has 3 aromatic rings.